The standard InChI is InChI=1S/C15H20/c1-4-14(12-13(2)3)10-11-15-8-6-5-7-9-15/h4-9,14H,1-2,10-12H2,3H3/t14-/m1/s1. The molecule has 0 spiro atoms. The topological polar surface area (TPSA) is 0 Å². The molecule has 0 aliphatic carbocycles. The summed E-state index contributed by atoms with van der Waals surface area (Å²) in [5.74, 6) is 0.572. The largest absolute Gasteiger partial charge is 0.103 e. The van der Waals surface area contributed by atoms with Crippen molar-refractivity contribution in [1.82, 2.24) is 0 Å². The van der Waals surface area contributed by atoms with Gasteiger partial charge >= 0.3 is 0 Å². The third kappa shape index (κ3) is 4.64. The smallest absolute Gasteiger partial charge is 0.0196 e. The zero-order valence-electron chi connectivity index (χ0n) is 9.58. The van der Waals surface area contributed by atoms with Crippen LogP contribution in [0.4, 0.5) is 0 Å². The Hall–Kier alpha value is -1.30. The maximum atomic E-state index is 3.95. The monoisotopic (exact) mass is 200 g/mol. The second-order valence-electron chi connectivity index (χ2n) is 4.18. The molecule has 0 amide bonds. The number of hydrogen-bond donors (Lipinski definition) is 0. The van der Waals surface area contributed by atoms with Crippen molar-refractivity contribution >= 4 is 0 Å². The van der Waals surface area contributed by atoms with Gasteiger partial charge in [0.05, 0.1) is 0 Å². The van der Waals surface area contributed by atoms with Crippen molar-refractivity contribution in [2.24, 2.45) is 5.92 Å². The summed E-state index contributed by atoms with van der Waals surface area (Å²) < 4.78 is 0. The first-order chi connectivity index (χ1) is 7.22. The molecule has 0 fully saturated rings. The summed E-state index contributed by atoms with van der Waals surface area (Å²) in [6, 6.07) is 10.6. The number of rotatable bonds is 6. The molecule has 0 N–H and O–H groups in total. The second-order valence-corrected chi connectivity index (χ2v) is 4.18. The first-order valence-corrected chi connectivity index (χ1v) is 5.53. The van der Waals surface area contributed by atoms with Crippen LogP contribution in [0.1, 0.15) is 25.3 Å². The maximum Gasteiger partial charge on any atom is -0.0196 e. The minimum absolute atomic E-state index is 0.572. The van der Waals surface area contributed by atoms with E-state index in [0.29, 0.717) is 5.92 Å². The van der Waals surface area contributed by atoms with Crippen LogP contribution >= 0.6 is 0 Å². The second kappa shape index (κ2) is 6.23. The number of allylic oxidation sites excluding steroid dienone is 2. The molecule has 80 valence electrons. The van der Waals surface area contributed by atoms with Crippen LogP contribution in [-0.4, -0.2) is 0 Å². The van der Waals surface area contributed by atoms with Crippen molar-refractivity contribution in [1.29, 1.82) is 0 Å². The molecule has 0 heterocycles. The molecule has 0 radical (unpaired) electrons. The summed E-state index contributed by atoms with van der Waals surface area (Å²) in [7, 11) is 0. The number of hydrogen-bond acceptors (Lipinski definition) is 0. The summed E-state index contributed by atoms with van der Waals surface area (Å²) >= 11 is 0. The lowest BCUT2D eigenvalue weighted by atomic mass is 9.94. The van der Waals surface area contributed by atoms with Gasteiger partial charge in [0.25, 0.3) is 0 Å². The minimum Gasteiger partial charge on any atom is -0.103 e. The van der Waals surface area contributed by atoms with E-state index in [1.54, 1.807) is 0 Å². The normalized spacial score (nSPS) is 12.1. The van der Waals surface area contributed by atoms with E-state index < -0.39 is 0 Å². The van der Waals surface area contributed by atoms with Gasteiger partial charge in [-0.15, -0.1) is 13.2 Å². The highest BCUT2D eigenvalue weighted by atomic mass is 14.1. The van der Waals surface area contributed by atoms with Crippen LogP contribution in [0.2, 0.25) is 0 Å². The van der Waals surface area contributed by atoms with E-state index >= 15 is 0 Å². The van der Waals surface area contributed by atoms with Crippen molar-refractivity contribution in [3.05, 3.63) is 60.7 Å². The average molecular weight is 200 g/mol. The zero-order valence-corrected chi connectivity index (χ0v) is 9.58. The fraction of sp³-hybridized carbons (Fsp3) is 0.333. The van der Waals surface area contributed by atoms with Gasteiger partial charge in [-0.2, -0.15) is 0 Å². The molecule has 0 nitrogen and oxygen atoms in total. The molecule has 1 aromatic carbocycles. The fourth-order valence-electron chi connectivity index (χ4n) is 1.75. The molecule has 0 unspecified atom stereocenters. The molecule has 0 heteroatoms. The molecule has 0 aliphatic heterocycles. The predicted molar refractivity (Wildman–Crippen MR) is 67.9 cm³/mol. The Morgan fingerprint density at radius 2 is 2.00 bits per heavy atom. The van der Waals surface area contributed by atoms with E-state index in [4.69, 9.17) is 0 Å². The first-order valence-electron chi connectivity index (χ1n) is 5.53. The van der Waals surface area contributed by atoms with E-state index in [1.165, 1.54) is 17.6 Å². The summed E-state index contributed by atoms with van der Waals surface area (Å²) in [5, 5.41) is 0. The molecule has 0 aliphatic rings. The van der Waals surface area contributed by atoms with Gasteiger partial charge in [-0.05, 0) is 37.7 Å². The molecule has 0 bridgehead atoms. The molecule has 0 aromatic heterocycles. The molecule has 1 atom stereocenters. The van der Waals surface area contributed by atoms with E-state index in [-0.39, 0.29) is 0 Å². The van der Waals surface area contributed by atoms with Gasteiger partial charge in [0.15, 0.2) is 0 Å². The van der Waals surface area contributed by atoms with Gasteiger partial charge in [-0.1, -0.05) is 42.0 Å². The van der Waals surface area contributed by atoms with Crippen molar-refractivity contribution in [2.75, 3.05) is 0 Å². The number of aryl methyl sites for hydroxylation is 1. The Bertz CT molecular complexity index is 308. The SMILES string of the molecule is C=C[C@H](CCc1ccccc1)CC(=C)C. The first kappa shape index (κ1) is 11.8. The van der Waals surface area contributed by atoms with E-state index in [1.807, 2.05) is 0 Å². The predicted octanol–water partition coefficient (Wildman–Crippen LogP) is 4.39. The van der Waals surface area contributed by atoms with E-state index in [0.717, 1.165) is 12.8 Å². The van der Waals surface area contributed by atoms with E-state index in [2.05, 4.69) is 56.5 Å². The Morgan fingerprint density at radius 3 is 2.53 bits per heavy atom. The van der Waals surface area contributed by atoms with Gasteiger partial charge < -0.3 is 0 Å². The van der Waals surface area contributed by atoms with Gasteiger partial charge in [0.1, 0.15) is 0 Å². The summed E-state index contributed by atoms with van der Waals surface area (Å²) in [6.07, 6.45) is 5.42. The van der Waals surface area contributed by atoms with Gasteiger partial charge in [0.2, 0.25) is 0 Å². The van der Waals surface area contributed by atoms with Crippen LogP contribution in [0.5, 0.6) is 0 Å². The Morgan fingerprint density at radius 1 is 1.33 bits per heavy atom. The Labute approximate surface area is 93.3 Å². The van der Waals surface area contributed by atoms with Crippen LogP contribution in [0, 0.1) is 5.92 Å². The van der Waals surface area contributed by atoms with Crippen LogP contribution in [0.15, 0.2) is 55.1 Å². The van der Waals surface area contributed by atoms with Crippen LogP contribution < -0.4 is 0 Å². The molecule has 1 rings (SSSR count). The lowest BCUT2D eigenvalue weighted by molar-refractivity contribution is 0.587. The maximum absolute atomic E-state index is 3.95. The molecular formula is C15H20. The molecular weight excluding hydrogens is 180 g/mol. The Balaban J connectivity index is 2.41. The van der Waals surface area contributed by atoms with Crippen molar-refractivity contribution in [2.45, 2.75) is 26.2 Å². The number of benzene rings is 1. The van der Waals surface area contributed by atoms with Crippen LogP contribution in [0.3, 0.4) is 0 Å². The zero-order chi connectivity index (χ0) is 11.1. The molecule has 15 heavy (non-hydrogen) atoms. The lowest BCUT2D eigenvalue weighted by Crippen LogP contribution is -1.99. The highest BCUT2D eigenvalue weighted by molar-refractivity contribution is 5.15. The Kier molecular flexibility index (Phi) is 4.89. The van der Waals surface area contributed by atoms with Crippen molar-refractivity contribution in [3.8, 4) is 0 Å². The van der Waals surface area contributed by atoms with Crippen molar-refractivity contribution in [3.63, 3.8) is 0 Å². The van der Waals surface area contributed by atoms with Crippen LogP contribution in [0.25, 0.3) is 0 Å². The van der Waals surface area contributed by atoms with Crippen LogP contribution in [-0.2, 0) is 6.42 Å². The summed E-state index contributed by atoms with van der Waals surface area (Å²) in [6.45, 7) is 9.92. The average Bonchev–Trinajstić information content (AvgIpc) is 2.25. The third-order valence-electron chi connectivity index (χ3n) is 2.59. The van der Waals surface area contributed by atoms with E-state index in [9.17, 15) is 0 Å². The van der Waals surface area contributed by atoms with Gasteiger partial charge in [-0.25, -0.2) is 0 Å². The summed E-state index contributed by atoms with van der Waals surface area (Å²) in [4.78, 5) is 0. The summed E-state index contributed by atoms with van der Waals surface area (Å²) in [5.41, 5.74) is 2.65. The van der Waals surface area contributed by atoms with Crippen molar-refractivity contribution < 1.29 is 0 Å². The highest BCUT2D eigenvalue weighted by Crippen LogP contribution is 2.17. The third-order valence-corrected chi connectivity index (χ3v) is 2.59. The lowest BCUT2D eigenvalue weighted by Gasteiger charge is -2.11. The molecule has 1 aromatic rings. The molecule has 0 saturated carbocycles. The fourth-order valence-corrected chi connectivity index (χ4v) is 1.75. The van der Waals surface area contributed by atoms with Gasteiger partial charge in [-0.3, -0.25) is 0 Å². The minimum atomic E-state index is 0.572. The quantitative estimate of drug-likeness (QED) is 0.597. The highest BCUT2D eigenvalue weighted by Gasteiger charge is 2.04. The molecule has 0 saturated heterocycles. The van der Waals surface area contributed by atoms with Gasteiger partial charge in [0, 0.05) is 0 Å².